The summed E-state index contributed by atoms with van der Waals surface area (Å²) >= 11 is 0. The number of amides is 1. The summed E-state index contributed by atoms with van der Waals surface area (Å²) in [4.78, 5) is 28.6. The average molecular weight is 420 g/mol. The van der Waals surface area contributed by atoms with Gasteiger partial charge in [-0.15, -0.1) is 0 Å². The molecule has 1 amide bonds. The summed E-state index contributed by atoms with van der Waals surface area (Å²) in [5.41, 5.74) is 8.66. The predicted molar refractivity (Wildman–Crippen MR) is 118 cm³/mol. The molecule has 1 atom stereocenters. The number of rotatable bonds is 8. The molecule has 1 aromatic carbocycles. The van der Waals surface area contributed by atoms with Crippen LogP contribution in [0.4, 0.5) is 0 Å². The third kappa shape index (κ3) is 5.34. The van der Waals surface area contributed by atoms with E-state index in [2.05, 4.69) is 32.3 Å². The predicted octanol–water partition coefficient (Wildman–Crippen LogP) is 2.01. The van der Waals surface area contributed by atoms with Crippen molar-refractivity contribution in [3.63, 3.8) is 0 Å². The summed E-state index contributed by atoms with van der Waals surface area (Å²) in [6.07, 6.45) is 11.0. The average Bonchev–Trinajstić information content (AvgIpc) is 3.36. The molecule has 1 aliphatic rings. The van der Waals surface area contributed by atoms with E-state index < -0.39 is 6.04 Å². The number of hydrogen-bond acceptors (Lipinski definition) is 6. The summed E-state index contributed by atoms with van der Waals surface area (Å²) in [6.45, 7) is 2.89. The van der Waals surface area contributed by atoms with Crippen molar-refractivity contribution < 1.29 is 4.79 Å². The Bertz CT molecular complexity index is 966. The van der Waals surface area contributed by atoms with Crippen LogP contribution in [-0.2, 0) is 17.8 Å². The third-order valence-electron chi connectivity index (χ3n) is 5.66. The van der Waals surface area contributed by atoms with Crippen LogP contribution >= 0.6 is 0 Å². The highest BCUT2D eigenvalue weighted by molar-refractivity contribution is 5.82. The zero-order chi connectivity index (χ0) is 21.5. The quantitative estimate of drug-likeness (QED) is 0.579. The number of benzene rings is 1. The fourth-order valence-corrected chi connectivity index (χ4v) is 3.95. The standard InChI is InChI=1S/C23H29N7O/c24-16-19-6-4-18(5-7-19)8-10-26-22(31)21(29-13-2-1-3-14-29)20-9-11-27-23(28-20)30-15-12-25-17-30/h4-7,9,11-12,15,17,21H,1-3,8,10,13-14,16,24H2,(H,26,31). The van der Waals surface area contributed by atoms with E-state index in [-0.39, 0.29) is 5.91 Å². The second-order valence-electron chi connectivity index (χ2n) is 7.81. The van der Waals surface area contributed by atoms with Crippen LogP contribution in [0.5, 0.6) is 0 Å². The molecule has 3 N–H and O–H groups in total. The Hall–Kier alpha value is -3.10. The molecular weight excluding hydrogens is 390 g/mol. The van der Waals surface area contributed by atoms with Crippen molar-refractivity contribution in [3.8, 4) is 5.95 Å². The highest BCUT2D eigenvalue weighted by atomic mass is 16.2. The maximum absolute atomic E-state index is 13.3. The molecule has 8 nitrogen and oxygen atoms in total. The van der Waals surface area contributed by atoms with Crippen LogP contribution in [0.2, 0.25) is 0 Å². The normalized spacial score (nSPS) is 15.5. The summed E-state index contributed by atoms with van der Waals surface area (Å²) in [6, 6.07) is 9.62. The van der Waals surface area contributed by atoms with Crippen LogP contribution in [0, 0.1) is 0 Å². The number of carbonyl (C=O) groups is 1. The van der Waals surface area contributed by atoms with Gasteiger partial charge in [0.1, 0.15) is 12.4 Å². The van der Waals surface area contributed by atoms with Gasteiger partial charge in [-0.05, 0) is 49.5 Å². The summed E-state index contributed by atoms with van der Waals surface area (Å²) < 4.78 is 1.75. The van der Waals surface area contributed by atoms with Gasteiger partial charge in [0.05, 0.1) is 5.69 Å². The Morgan fingerprint density at radius 2 is 1.84 bits per heavy atom. The van der Waals surface area contributed by atoms with E-state index in [1.807, 2.05) is 18.2 Å². The molecule has 1 saturated heterocycles. The maximum atomic E-state index is 13.3. The third-order valence-corrected chi connectivity index (χ3v) is 5.66. The molecule has 8 heteroatoms. The maximum Gasteiger partial charge on any atom is 0.243 e. The van der Waals surface area contributed by atoms with Gasteiger partial charge in [-0.2, -0.15) is 0 Å². The fraction of sp³-hybridized carbons (Fsp3) is 0.391. The van der Waals surface area contributed by atoms with Gasteiger partial charge in [0.15, 0.2) is 0 Å². The summed E-state index contributed by atoms with van der Waals surface area (Å²) in [5, 5.41) is 3.13. The molecule has 162 valence electrons. The topological polar surface area (TPSA) is 102 Å². The zero-order valence-corrected chi connectivity index (χ0v) is 17.7. The summed E-state index contributed by atoms with van der Waals surface area (Å²) in [5.74, 6) is 0.501. The van der Waals surface area contributed by atoms with Crippen LogP contribution in [0.15, 0.2) is 55.2 Å². The van der Waals surface area contributed by atoms with Gasteiger partial charge in [-0.3, -0.25) is 14.3 Å². The van der Waals surface area contributed by atoms with Gasteiger partial charge in [-0.25, -0.2) is 15.0 Å². The van der Waals surface area contributed by atoms with Gasteiger partial charge in [0.2, 0.25) is 11.9 Å². The molecular formula is C23H29N7O. The number of imidazole rings is 1. The van der Waals surface area contributed by atoms with Crippen LogP contribution in [0.25, 0.3) is 5.95 Å². The van der Waals surface area contributed by atoms with Gasteiger partial charge in [0, 0.05) is 31.7 Å². The highest BCUT2D eigenvalue weighted by Gasteiger charge is 2.30. The lowest BCUT2D eigenvalue weighted by atomic mass is 10.0. The Labute approximate surface area is 182 Å². The van der Waals surface area contributed by atoms with E-state index in [0.717, 1.165) is 37.9 Å². The molecule has 0 saturated carbocycles. The van der Waals surface area contributed by atoms with E-state index in [9.17, 15) is 4.79 Å². The number of carbonyl (C=O) groups excluding carboxylic acids is 1. The van der Waals surface area contributed by atoms with Gasteiger partial charge < -0.3 is 11.1 Å². The van der Waals surface area contributed by atoms with Crippen molar-refractivity contribution in [1.82, 2.24) is 29.7 Å². The fourth-order valence-electron chi connectivity index (χ4n) is 3.95. The van der Waals surface area contributed by atoms with E-state index in [0.29, 0.717) is 24.7 Å². The monoisotopic (exact) mass is 419 g/mol. The second kappa shape index (κ2) is 10.3. The molecule has 0 aliphatic carbocycles. The minimum absolute atomic E-state index is 0.0178. The van der Waals surface area contributed by atoms with Crippen molar-refractivity contribution in [2.75, 3.05) is 19.6 Å². The SMILES string of the molecule is NCc1ccc(CCNC(=O)C(c2ccnc(-n3ccnc3)n2)N2CCCCC2)cc1. The molecule has 2 aromatic heterocycles. The highest BCUT2D eigenvalue weighted by Crippen LogP contribution is 2.24. The van der Waals surface area contributed by atoms with E-state index in [1.165, 1.54) is 12.0 Å². The van der Waals surface area contributed by atoms with Gasteiger partial charge in [0.25, 0.3) is 0 Å². The van der Waals surface area contributed by atoms with Crippen molar-refractivity contribution >= 4 is 5.91 Å². The number of nitrogens with zero attached hydrogens (tertiary/aromatic N) is 5. The van der Waals surface area contributed by atoms with Gasteiger partial charge in [-0.1, -0.05) is 30.7 Å². The number of aromatic nitrogens is 4. The Morgan fingerprint density at radius 3 is 2.55 bits per heavy atom. The minimum Gasteiger partial charge on any atom is -0.354 e. The summed E-state index contributed by atoms with van der Waals surface area (Å²) in [7, 11) is 0. The molecule has 0 radical (unpaired) electrons. The number of likely N-dealkylation sites (tertiary alicyclic amines) is 1. The van der Waals surface area contributed by atoms with E-state index >= 15 is 0 Å². The Kier molecular flexibility index (Phi) is 7.01. The lowest BCUT2D eigenvalue weighted by Gasteiger charge is -2.33. The molecule has 1 aliphatic heterocycles. The first-order valence-corrected chi connectivity index (χ1v) is 10.9. The number of nitrogens with one attached hydrogen (secondary N) is 1. The zero-order valence-electron chi connectivity index (χ0n) is 17.7. The molecule has 1 unspecified atom stereocenters. The molecule has 31 heavy (non-hydrogen) atoms. The first-order chi connectivity index (χ1) is 15.2. The molecule has 0 bridgehead atoms. The number of piperidine rings is 1. The van der Waals surface area contributed by atoms with Crippen molar-refractivity contribution in [3.05, 3.63) is 72.1 Å². The van der Waals surface area contributed by atoms with Crippen LogP contribution in [-0.4, -0.2) is 50.0 Å². The second-order valence-corrected chi connectivity index (χ2v) is 7.81. The first-order valence-electron chi connectivity index (χ1n) is 10.9. The lowest BCUT2D eigenvalue weighted by Crippen LogP contribution is -2.43. The van der Waals surface area contributed by atoms with Crippen molar-refractivity contribution in [2.45, 2.75) is 38.3 Å². The van der Waals surface area contributed by atoms with Crippen LogP contribution in [0.3, 0.4) is 0 Å². The van der Waals surface area contributed by atoms with Crippen molar-refractivity contribution in [1.29, 1.82) is 0 Å². The molecule has 4 rings (SSSR count). The van der Waals surface area contributed by atoms with Crippen molar-refractivity contribution in [2.24, 2.45) is 5.73 Å². The lowest BCUT2D eigenvalue weighted by molar-refractivity contribution is -0.127. The molecule has 3 heterocycles. The molecule has 1 fully saturated rings. The van der Waals surface area contributed by atoms with E-state index in [1.54, 1.807) is 29.5 Å². The Balaban J connectivity index is 1.48. The van der Waals surface area contributed by atoms with Gasteiger partial charge >= 0.3 is 0 Å². The van der Waals surface area contributed by atoms with Crippen LogP contribution < -0.4 is 11.1 Å². The number of hydrogen-bond donors (Lipinski definition) is 2. The molecule has 0 spiro atoms. The first kappa shape index (κ1) is 21.1. The van der Waals surface area contributed by atoms with E-state index in [4.69, 9.17) is 10.7 Å². The smallest absolute Gasteiger partial charge is 0.243 e. The largest absolute Gasteiger partial charge is 0.354 e. The number of nitrogens with two attached hydrogens (primary N) is 1. The van der Waals surface area contributed by atoms with Crippen LogP contribution in [0.1, 0.15) is 42.1 Å². The minimum atomic E-state index is -0.426. The molecule has 3 aromatic rings. The Morgan fingerprint density at radius 1 is 1.06 bits per heavy atom.